The molecule has 0 heterocycles. The highest BCUT2D eigenvalue weighted by molar-refractivity contribution is 7.88. The van der Waals surface area contributed by atoms with E-state index in [0.717, 1.165) is 0 Å². The monoisotopic (exact) mass is 271 g/mol. The Morgan fingerprint density at radius 2 is 2.00 bits per heavy atom. The van der Waals surface area contributed by atoms with Gasteiger partial charge >= 0.3 is 5.97 Å². The third kappa shape index (κ3) is 3.54. The van der Waals surface area contributed by atoms with E-state index in [4.69, 9.17) is 5.11 Å². The van der Waals surface area contributed by atoms with Gasteiger partial charge in [0.1, 0.15) is 0 Å². The van der Waals surface area contributed by atoms with Crippen LogP contribution in [0.4, 0.5) is 0 Å². The number of aromatic carboxylic acids is 1. The Balaban J connectivity index is 2.98. The van der Waals surface area contributed by atoms with Gasteiger partial charge in [-0.1, -0.05) is 12.1 Å². The predicted octanol–water partition coefficient (Wildman–Crippen LogP) is 1.55. The molecular weight excluding hydrogens is 254 g/mol. The number of hydrogen-bond acceptors (Lipinski definition) is 3. The summed E-state index contributed by atoms with van der Waals surface area (Å²) in [6.07, 6.45) is 0. The Hall–Kier alpha value is -1.40. The van der Waals surface area contributed by atoms with Crippen molar-refractivity contribution in [3.8, 4) is 0 Å². The predicted molar refractivity (Wildman–Crippen MR) is 68.9 cm³/mol. The molecule has 0 aliphatic heterocycles. The quantitative estimate of drug-likeness (QED) is 0.881. The Morgan fingerprint density at radius 1 is 1.39 bits per heavy atom. The fourth-order valence-corrected chi connectivity index (χ4v) is 2.87. The molecule has 1 aromatic carbocycles. The second-order valence-electron chi connectivity index (χ2n) is 4.37. The summed E-state index contributed by atoms with van der Waals surface area (Å²) >= 11 is 0. The summed E-state index contributed by atoms with van der Waals surface area (Å²) < 4.78 is 25.3. The van der Waals surface area contributed by atoms with E-state index >= 15 is 0 Å². The third-order valence-electron chi connectivity index (χ3n) is 2.69. The molecule has 0 aliphatic carbocycles. The van der Waals surface area contributed by atoms with Gasteiger partial charge in [-0.2, -0.15) is 0 Å². The lowest BCUT2D eigenvalue weighted by molar-refractivity contribution is 0.0696. The van der Waals surface area contributed by atoms with E-state index < -0.39 is 16.0 Å². The Bertz CT molecular complexity index is 537. The molecule has 1 aromatic rings. The zero-order valence-electron chi connectivity index (χ0n) is 10.6. The van der Waals surface area contributed by atoms with Crippen LogP contribution in [0.15, 0.2) is 24.3 Å². The summed E-state index contributed by atoms with van der Waals surface area (Å²) in [6, 6.07) is 5.85. The van der Waals surface area contributed by atoms with Gasteiger partial charge in [0.25, 0.3) is 0 Å². The molecule has 0 spiro atoms. The molecule has 0 aliphatic rings. The number of rotatable bonds is 5. The van der Waals surface area contributed by atoms with Crippen LogP contribution < -0.4 is 0 Å². The third-order valence-corrected chi connectivity index (χ3v) is 4.69. The van der Waals surface area contributed by atoms with Crippen molar-refractivity contribution in [3.63, 3.8) is 0 Å². The Morgan fingerprint density at radius 3 is 2.50 bits per heavy atom. The van der Waals surface area contributed by atoms with Crippen molar-refractivity contribution in [1.82, 2.24) is 4.31 Å². The molecule has 0 bridgehead atoms. The maximum absolute atomic E-state index is 12.0. The van der Waals surface area contributed by atoms with Crippen LogP contribution in [0.5, 0.6) is 0 Å². The van der Waals surface area contributed by atoms with Crippen molar-refractivity contribution >= 4 is 16.0 Å². The van der Waals surface area contributed by atoms with E-state index in [9.17, 15) is 13.2 Å². The first kappa shape index (κ1) is 14.7. The first-order valence-electron chi connectivity index (χ1n) is 5.52. The number of hydrogen-bond donors (Lipinski definition) is 1. The number of carbonyl (C=O) groups is 1. The van der Waals surface area contributed by atoms with Crippen molar-refractivity contribution in [2.75, 3.05) is 7.05 Å². The van der Waals surface area contributed by atoms with Gasteiger partial charge in [-0.3, -0.25) is 0 Å². The van der Waals surface area contributed by atoms with Gasteiger partial charge in [-0.15, -0.1) is 0 Å². The number of nitrogens with zero attached hydrogens (tertiary/aromatic N) is 1. The van der Waals surface area contributed by atoms with Crippen LogP contribution >= 0.6 is 0 Å². The van der Waals surface area contributed by atoms with Crippen LogP contribution in [-0.2, 0) is 15.8 Å². The van der Waals surface area contributed by atoms with Gasteiger partial charge in [0, 0.05) is 13.1 Å². The second-order valence-corrected chi connectivity index (χ2v) is 6.40. The number of carboxylic acid groups (broad SMARTS) is 1. The molecule has 0 fully saturated rings. The molecule has 0 atom stereocenters. The van der Waals surface area contributed by atoms with Gasteiger partial charge in [0.15, 0.2) is 0 Å². The first-order valence-corrected chi connectivity index (χ1v) is 7.13. The molecule has 0 aromatic heterocycles. The fourth-order valence-electron chi connectivity index (χ4n) is 1.43. The van der Waals surface area contributed by atoms with Gasteiger partial charge in [-0.25, -0.2) is 17.5 Å². The molecule has 0 unspecified atom stereocenters. The molecule has 18 heavy (non-hydrogen) atoms. The van der Waals surface area contributed by atoms with Gasteiger partial charge in [-0.05, 0) is 31.5 Å². The van der Waals surface area contributed by atoms with Crippen LogP contribution in [0.3, 0.4) is 0 Å². The smallest absolute Gasteiger partial charge is 0.335 e. The first-order chi connectivity index (χ1) is 8.24. The summed E-state index contributed by atoms with van der Waals surface area (Å²) in [7, 11) is -1.90. The molecule has 5 nitrogen and oxygen atoms in total. The van der Waals surface area contributed by atoms with Gasteiger partial charge in [0.2, 0.25) is 10.0 Å². The van der Waals surface area contributed by atoms with Crippen molar-refractivity contribution < 1.29 is 18.3 Å². The van der Waals surface area contributed by atoms with Crippen LogP contribution in [0, 0.1) is 0 Å². The van der Waals surface area contributed by atoms with E-state index in [1.54, 1.807) is 26.0 Å². The maximum atomic E-state index is 12.0. The van der Waals surface area contributed by atoms with Crippen molar-refractivity contribution in [3.05, 3.63) is 35.4 Å². The highest BCUT2D eigenvalue weighted by Crippen LogP contribution is 2.13. The topological polar surface area (TPSA) is 74.7 Å². The minimum absolute atomic E-state index is 0.0925. The molecule has 6 heteroatoms. The summed E-state index contributed by atoms with van der Waals surface area (Å²) in [5, 5.41) is 8.85. The van der Waals surface area contributed by atoms with Crippen molar-refractivity contribution in [2.45, 2.75) is 25.6 Å². The lowest BCUT2D eigenvalue weighted by atomic mass is 10.1. The van der Waals surface area contributed by atoms with Gasteiger partial charge < -0.3 is 5.11 Å². The highest BCUT2D eigenvalue weighted by Gasteiger charge is 2.21. The summed E-state index contributed by atoms with van der Waals surface area (Å²) in [5.41, 5.74) is 0.567. The Kier molecular flexibility index (Phi) is 4.48. The molecule has 0 radical (unpaired) electrons. The lowest BCUT2D eigenvalue weighted by Gasteiger charge is -2.20. The number of carboxylic acids is 1. The van der Waals surface area contributed by atoms with Crippen LogP contribution in [0.1, 0.15) is 29.8 Å². The second kappa shape index (κ2) is 5.49. The lowest BCUT2D eigenvalue weighted by Crippen LogP contribution is -2.34. The van der Waals surface area contributed by atoms with Crippen LogP contribution in [0.25, 0.3) is 0 Å². The molecule has 100 valence electrons. The average molecular weight is 271 g/mol. The molecule has 0 saturated carbocycles. The maximum Gasteiger partial charge on any atom is 0.335 e. The van der Waals surface area contributed by atoms with Crippen LogP contribution in [0.2, 0.25) is 0 Å². The van der Waals surface area contributed by atoms with E-state index in [2.05, 4.69) is 0 Å². The van der Waals surface area contributed by atoms with E-state index in [1.807, 2.05) is 0 Å². The summed E-state index contributed by atoms with van der Waals surface area (Å²) in [4.78, 5) is 10.8. The normalized spacial score (nSPS) is 12.1. The molecule has 0 saturated heterocycles. The number of sulfonamides is 1. The standard InChI is InChI=1S/C12H17NO4S/c1-9(2)13(3)18(16,17)8-10-5-4-6-11(7-10)12(14)15/h4-7,9H,8H2,1-3H3,(H,14,15). The number of benzene rings is 1. The van der Waals surface area contributed by atoms with Gasteiger partial charge in [0.05, 0.1) is 11.3 Å². The van der Waals surface area contributed by atoms with E-state index in [0.29, 0.717) is 5.56 Å². The fraction of sp³-hybridized carbons (Fsp3) is 0.417. The zero-order valence-corrected chi connectivity index (χ0v) is 11.4. The Labute approximate surface area is 107 Å². The average Bonchev–Trinajstić information content (AvgIpc) is 2.27. The summed E-state index contributed by atoms with van der Waals surface area (Å²) in [6.45, 7) is 3.57. The van der Waals surface area contributed by atoms with Crippen molar-refractivity contribution in [1.29, 1.82) is 0 Å². The minimum atomic E-state index is -3.41. The zero-order chi connectivity index (χ0) is 13.9. The molecule has 1 rings (SSSR count). The SMILES string of the molecule is CC(C)N(C)S(=O)(=O)Cc1cccc(C(=O)O)c1. The molecule has 1 N–H and O–H groups in total. The summed E-state index contributed by atoms with van der Waals surface area (Å²) in [5.74, 6) is -1.26. The molecule has 0 amide bonds. The minimum Gasteiger partial charge on any atom is -0.478 e. The van der Waals surface area contributed by atoms with Crippen molar-refractivity contribution in [2.24, 2.45) is 0 Å². The highest BCUT2D eigenvalue weighted by atomic mass is 32.2. The molecular formula is C12H17NO4S. The van der Waals surface area contributed by atoms with E-state index in [1.165, 1.54) is 23.5 Å². The van der Waals surface area contributed by atoms with Crippen LogP contribution in [-0.4, -0.2) is 36.9 Å². The van der Waals surface area contributed by atoms with E-state index in [-0.39, 0.29) is 17.4 Å². The largest absolute Gasteiger partial charge is 0.478 e.